The Kier molecular flexibility index (Phi) is 7.10. The molecule has 2 atom stereocenters. The highest BCUT2D eigenvalue weighted by molar-refractivity contribution is 6.35. The van der Waals surface area contributed by atoms with E-state index in [4.69, 9.17) is 28.9 Å². The van der Waals surface area contributed by atoms with Crippen LogP contribution in [0.2, 0.25) is 10.0 Å². The van der Waals surface area contributed by atoms with E-state index in [1.54, 1.807) is 12.1 Å². The van der Waals surface area contributed by atoms with E-state index < -0.39 is 0 Å². The maximum absolute atomic E-state index is 12.1. The van der Waals surface area contributed by atoms with Gasteiger partial charge in [0.25, 0.3) is 0 Å². The molecule has 0 spiro atoms. The Morgan fingerprint density at radius 1 is 1.35 bits per heavy atom. The molecule has 0 bridgehead atoms. The Bertz CT molecular complexity index is 468. The summed E-state index contributed by atoms with van der Waals surface area (Å²) >= 11 is 11.9. The third kappa shape index (κ3) is 4.26. The summed E-state index contributed by atoms with van der Waals surface area (Å²) in [6, 6.07) is 5.29. The molecule has 0 unspecified atom stereocenters. The van der Waals surface area contributed by atoms with Gasteiger partial charge in [-0.05, 0) is 43.0 Å². The van der Waals surface area contributed by atoms with Gasteiger partial charge in [-0.3, -0.25) is 4.79 Å². The second-order valence-electron chi connectivity index (χ2n) is 4.99. The number of rotatable bonds is 4. The first kappa shape index (κ1) is 17.6. The Morgan fingerprint density at radius 3 is 2.75 bits per heavy atom. The molecule has 1 aromatic rings. The summed E-state index contributed by atoms with van der Waals surface area (Å²) in [4.78, 5) is 12.1. The molecule has 1 aliphatic rings. The van der Waals surface area contributed by atoms with Crippen molar-refractivity contribution >= 4 is 41.5 Å². The Labute approximate surface area is 135 Å². The largest absolute Gasteiger partial charge is 0.352 e. The fraction of sp³-hybridized carbons (Fsp3) is 0.500. The quantitative estimate of drug-likeness (QED) is 0.884. The van der Waals surface area contributed by atoms with Gasteiger partial charge in [0.15, 0.2) is 0 Å². The van der Waals surface area contributed by atoms with Gasteiger partial charge in [-0.1, -0.05) is 35.7 Å². The van der Waals surface area contributed by atoms with E-state index in [0.29, 0.717) is 29.1 Å². The highest BCUT2D eigenvalue weighted by Gasteiger charge is 2.31. The molecule has 2 rings (SSSR count). The summed E-state index contributed by atoms with van der Waals surface area (Å²) in [6.45, 7) is 1.02. The lowest BCUT2D eigenvalue weighted by Crippen LogP contribution is -2.34. The van der Waals surface area contributed by atoms with Gasteiger partial charge in [-0.25, -0.2) is 0 Å². The third-order valence-corrected chi connectivity index (χ3v) is 4.35. The molecule has 1 aliphatic carbocycles. The highest BCUT2D eigenvalue weighted by Crippen LogP contribution is 2.31. The van der Waals surface area contributed by atoms with E-state index in [1.807, 2.05) is 6.07 Å². The first-order chi connectivity index (χ1) is 9.11. The summed E-state index contributed by atoms with van der Waals surface area (Å²) in [5, 5.41) is 4.12. The van der Waals surface area contributed by atoms with Crippen LogP contribution in [-0.2, 0) is 11.3 Å². The van der Waals surface area contributed by atoms with Crippen molar-refractivity contribution in [1.29, 1.82) is 0 Å². The molecule has 1 saturated carbocycles. The minimum Gasteiger partial charge on any atom is -0.352 e. The molecule has 0 aliphatic heterocycles. The molecule has 1 fully saturated rings. The van der Waals surface area contributed by atoms with Crippen LogP contribution in [-0.4, -0.2) is 12.5 Å². The first-order valence-corrected chi connectivity index (χ1v) is 7.29. The molecule has 0 saturated heterocycles. The highest BCUT2D eigenvalue weighted by atomic mass is 35.5. The van der Waals surface area contributed by atoms with Crippen LogP contribution in [0.5, 0.6) is 0 Å². The fourth-order valence-electron chi connectivity index (χ4n) is 2.64. The normalized spacial score (nSPS) is 21.4. The molecule has 1 aromatic carbocycles. The lowest BCUT2D eigenvalue weighted by molar-refractivity contribution is -0.126. The van der Waals surface area contributed by atoms with Crippen molar-refractivity contribution in [1.82, 2.24) is 5.32 Å². The van der Waals surface area contributed by atoms with Crippen molar-refractivity contribution in [2.75, 3.05) is 6.54 Å². The van der Waals surface area contributed by atoms with Crippen molar-refractivity contribution in [3.8, 4) is 0 Å². The smallest absolute Gasteiger partial charge is 0.223 e. The van der Waals surface area contributed by atoms with Crippen LogP contribution in [0.1, 0.15) is 24.8 Å². The maximum atomic E-state index is 12.1. The minimum absolute atomic E-state index is 0. The van der Waals surface area contributed by atoms with E-state index in [0.717, 1.165) is 24.8 Å². The number of carbonyl (C=O) groups is 1. The summed E-state index contributed by atoms with van der Waals surface area (Å²) < 4.78 is 0. The van der Waals surface area contributed by atoms with Gasteiger partial charge < -0.3 is 11.1 Å². The first-order valence-electron chi connectivity index (χ1n) is 6.53. The maximum Gasteiger partial charge on any atom is 0.223 e. The van der Waals surface area contributed by atoms with E-state index in [2.05, 4.69) is 5.32 Å². The van der Waals surface area contributed by atoms with Crippen LogP contribution in [0.25, 0.3) is 0 Å². The van der Waals surface area contributed by atoms with Crippen LogP contribution >= 0.6 is 35.6 Å². The van der Waals surface area contributed by atoms with Gasteiger partial charge in [0.1, 0.15) is 0 Å². The average Bonchev–Trinajstić information content (AvgIpc) is 2.85. The predicted octanol–water partition coefficient (Wildman–Crippen LogP) is 3.41. The van der Waals surface area contributed by atoms with Gasteiger partial charge in [0, 0.05) is 22.5 Å². The third-order valence-electron chi connectivity index (χ3n) is 3.77. The Hall–Kier alpha value is -0.480. The molecule has 112 valence electrons. The Balaban J connectivity index is 0.00000200. The molecule has 1 amide bonds. The number of carbonyl (C=O) groups excluding carboxylic acids is 1. The van der Waals surface area contributed by atoms with Gasteiger partial charge in [-0.2, -0.15) is 0 Å². The van der Waals surface area contributed by atoms with Crippen LogP contribution in [0.3, 0.4) is 0 Å². The molecule has 6 heteroatoms. The predicted molar refractivity (Wildman–Crippen MR) is 85.4 cm³/mol. The molecule has 0 aromatic heterocycles. The summed E-state index contributed by atoms with van der Waals surface area (Å²) in [5.74, 6) is 0.454. The molecule has 20 heavy (non-hydrogen) atoms. The second-order valence-corrected chi connectivity index (χ2v) is 5.83. The lowest BCUT2D eigenvalue weighted by atomic mass is 9.95. The molecule has 0 radical (unpaired) electrons. The fourth-order valence-corrected chi connectivity index (χ4v) is 3.12. The Morgan fingerprint density at radius 2 is 2.10 bits per heavy atom. The number of hydrogen-bond acceptors (Lipinski definition) is 2. The van der Waals surface area contributed by atoms with Crippen LogP contribution in [0, 0.1) is 11.8 Å². The number of hydrogen-bond donors (Lipinski definition) is 2. The van der Waals surface area contributed by atoms with Crippen molar-refractivity contribution in [2.45, 2.75) is 25.8 Å². The summed E-state index contributed by atoms with van der Waals surface area (Å²) in [6.07, 6.45) is 3.07. The number of benzene rings is 1. The molecular weight excluding hydrogens is 319 g/mol. The second kappa shape index (κ2) is 8.08. The van der Waals surface area contributed by atoms with Crippen molar-refractivity contribution < 1.29 is 4.79 Å². The van der Waals surface area contributed by atoms with Gasteiger partial charge >= 0.3 is 0 Å². The number of nitrogens with one attached hydrogen (secondary N) is 1. The van der Waals surface area contributed by atoms with Crippen LogP contribution in [0.15, 0.2) is 18.2 Å². The number of nitrogens with two attached hydrogens (primary N) is 1. The van der Waals surface area contributed by atoms with Gasteiger partial charge in [0.05, 0.1) is 0 Å². The van der Waals surface area contributed by atoms with E-state index in [-0.39, 0.29) is 24.2 Å². The van der Waals surface area contributed by atoms with E-state index >= 15 is 0 Å². The SMILES string of the molecule is Cl.NC[C@H]1CCC[C@H]1C(=O)NCc1ccc(Cl)cc1Cl. The number of halogens is 3. The van der Waals surface area contributed by atoms with Crippen LogP contribution < -0.4 is 11.1 Å². The minimum atomic E-state index is 0. The van der Waals surface area contributed by atoms with Crippen LogP contribution in [0.4, 0.5) is 0 Å². The van der Waals surface area contributed by atoms with Crippen molar-refractivity contribution in [3.63, 3.8) is 0 Å². The lowest BCUT2D eigenvalue weighted by Gasteiger charge is -2.17. The zero-order valence-electron chi connectivity index (χ0n) is 11.1. The van der Waals surface area contributed by atoms with Gasteiger partial charge in [-0.15, -0.1) is 12.4 Å². The zero-order chi connectivity index (χ0) is 13.8. The van der Waals surface area contributed by atoms with Crippen molar-refractivity contribution in [2.24, 2.45) is 17.6 Å². The molecule has 3 nitrogen and oxygen atoms in total. The van der Waals surface area contributed by atoms with Crippen molar-refractivity contribution in [3.05, 3.63) is 33.8 Å². The summed E-state index contributed by atoms with van der Waals surface area (Å²) in [5.41, 5.74) is 6.57. The zero-order valence-corrected chi connectivity index (χ0v) is 13.4. The number of amides is 1. The summed E-state index contributed by atoms with van der Waals surface area (Å²) in [7, 11) is 0. The monoisotopic (exact) mass is 336 g/mol. The molecule has 3 N–H and O–H groups in total. The molecular formula is C14H19Cl3N2O. The van der Waals surface area contributed by atoms with E-state index in [1.165, 1.54) is 0 Å². The average molecular weight is 338 g/mol. The topological polar surface area (TPSA) is 55.1 Å². The standard InChI is InChI=1S/C14H18Cl2N2O.ClH/c15-11-5-4-10(13(16)6-11)8-18-14(19)12-3-1-2-9(12)7-17;/h4-6,9,12H,1-3,7-8,17H2,(H,18,19);1H/t9-,12-;/m1./s1. The molecule has 0 heterocycles. The van der Waals surface area contributed by atoms with E-state index in [9.17, 15) is 4.79 Å². The van der Waals surface area contributed by atoms with Gasteiger partial charge in [0.2, 0.25) is 5.91 Å².